The maximum Gasteiger partial charge on any atom is 0.233 e. The zero-order valence-corrected chi connectivity index (χ0v) is 15.6. The Morgan fingerprint density at radius 3 is 2.69 bits per heavy atom. The first-order valence-corrected chi connectivity index (χ1v) is 9.51. The van der Waals surface area contributed by atoms with E-state index in [2.05, 4.69) is 44.5 Å². The number of hydrogen-bond donors (Lipinski definition) is 3. The molecule has 1 amide bonds. The number of aromatic nitrogens is 2. The van der Waals surface area contributed by atoms with Gasteiger partial charge in [0.1, 0.15) is 11.6 Å². The van der Waals surface area contributed by atoms with E-state index in [0.29, 0.717) is 16.8 Å². The van der Waals surface area contributed by atoms with E-state index in [1.54, 1.807) is 0 Å². The molecule has 5 N–H and O–H groups in total. The number of nitrogens with one attached hydrogen (secondary N) is 1. The quantitative estimate of drug-likeness (QED) is 0.521. The van der Waals surface area contributed by atoms with Gasteiger partial charge in [0.05, 0.1) is 5.25 Å². The van der Waals surface area contributed by atoms with Gasteiger partial charge in [0.15, 0.2) is 5.16 Å². The van der Waals surface area contributed by atoms with Crippen molar-refractivity contribution in [1.82, 2.24) is 20.2 Å². The predicted octanol–water partition coefficient (Wildman–Crippen LogP) is 1.51. The maximum atomic E-state index is 12.5. The number of benzene rings is 1. The lowest BCUT2D eigenvalue weighted by molar-refractivity contribution is -0.120. The molecule has 138 valence electrons. The summed E-state index contributed by atoms with van der Waals surface area (Å²) in [5, 5.41) is 3.22. The topological polar surface area (TPSA) is 110 Å². The number of thioether (sulfide) groups is 1. The van der Waals surface area contributed by atoms with Crippen molar-refractivity contribution in [2.24, 2.45) is 0 Å². The van der Waals surface area contributed by atoms with E-state index in [0.717, 1.165) is 26.1 Å². The van der Waals surface area contributed by atoms with Crippen molar-refractivity contribution < 1.29 is 4.79 Å². The Balaban J connectivity index is 1.48. The van der Waals surface area contributed by atoms with Crippen molar-refractivity contribution in [3.63, 3.8) is 0 Å². The van der Waals surface area contributed by atoms with Crippen molar-refractivity contribution in [2.45, 2.75) is 36.3 Å². The van der Waals surface area contributed by atoms with Gasteiger partial charge in [-0.15, -0.1) is 0 Å². The standard InChI is InChI=1S/C18H24N6OS/c1-12(26-18-22-15(19)9-16(20)23-18)17(25)21-14-7-8-24(11-14)10-13-5-3-2-4-6-13/h2-6,9,12,14H,7-8,10-11H2,1H3,(H,21,25)(H4,19,20,22,23)/t12-,14+/m0/s1. The van der Waals surface area contributed by atoms with Crippen LogP contribution >= 0.6 is 11.8 Å². The molecule has 7 nitrogen and oxygen atoms in total. The van der Waals surface area contributed by atoms with Crippen molar-refractivity contribution >= 4 is 29.3 Å². The van der Waals surface area contributed by atoms with Gasteiger partial charge >= 0.3 is 0 Å². The van der Waals surface area contributed by atoms with E-state index in [1.807, 2.05) is 13.0 Å². The second-order valence-electron chi connectivity index (χ2n) is 6.48. The zero-order valence-electron chi connectivity index (χ0n) is 14.8. The second-order valence-corrected chi connectivity index (χ2v) is 7.78. The van der Waals surface area contributed by atoms with Gasteiger partial charge in [-0.3, -0.25) is 9.69 Å². The summed E-state index contributed by atoms with van der Waals surface area (Å²) in [6, 6.07) is 12.0. The van der Waals surface area contributed by atoms with Crippen LogP contribution in [0, 0.1) is 0 Å². The molecule has 0 saturated carbocycles. The summed E-state index contributed by atoms with van der Waals surface area (Å²) in [4.78, 5) is 23.0. The second kappa shape index (κ2) is 8.37. The molecule has 0 spiro atoms. The lowest BCUT2D eigenvalue weighted by Crippen LogP contribution is -2.40. The summed E-state index contributed by atoms with van der Waals surface area (Å²) in [5.74, 6) is 0.589. The Kier molecular flexibility index (Phi) is 5.95. The van der Waals surface area contributed by atoms with Crippen LogP contribution in [0.4, 0.5) is 11.6 Å². The average molecular weight is 372 g/mol. The van der Waals surface area contributed by atoms with Crippen LogP contribution in [0.3, 0.4) is 0 Å². The first kappa shape index (κ1) is 18.5. The highest BCUT2D eigenvalue weighted by atomic mass is 32.2. The number of nitrogen functional groups attached to an aromatic ring is 2. The molecule has 0 bridgehead atoms. The van der Waals surface area contributed by atoms with E-state index >= 15 is 0 Å². The third-order valence-corrected chi connectivity index (χ3v) is 5.23. The third-order valence-electron chi connectivity index (χ3n) is 4.26. The zero-order chi connectivity index (χ0) is 18.5. The molecule has 2 atom stereocenters. The SMILES string of the molecule is C[C@H](Sc1nc(N)cc(N)n1)C(=O)N[C@@H]1CCN(Cc2ccccc2)C1. The van der Waals surface area contributed by atoms with Gasteiger partial charge in [-0.2, -0.15) is 0 Å². The van der Waals surface area contributed by atoms with Crippen molar-refractivity contribution in [1.29, 1.82) is 0 Å². The molecule has 2 aromatic rings. The van der Waals surface area contributed by atoms with Crippen LogP contribution in [0.2, 0.25) is 0 Å². The number of carbonyl (C=O) groups excluding carboxylic acids is 1. The fourth-order valence-electron chi connectivity index (χ4n) is 2.98. The Hall–Kier alpha value is -2.32. The minimum atomic E-state index is -0.320. The molecule has 26 heavy (non-hydrogen) atoms. The van der Waals surface area contributed by atoms with E-state index in [-0.39, 0.29) is 17.2 Å². The summed E-state index contributed by atoms with van der Waals surface area (Å²) in [5.41, 5.74) is 12.6. The Bertz CT molecular complexity index is 736. The minimum Gasteiger partial charge on any atom is -0.383 e. The van der Waals surface area contributed by atoms with Gasteiger partial charge in [-0.05, 0) is 18.9 Å². The van der Waals surface area contributed by atoms with Crippen LogP contribution in [0.15, 0.2) is 41.6 Å². The third kappa shape index (κ3) is 5.09. The summed E-state index contributed by atoms with van der Waals surface area (Å²) < 4.78 is 0. The number of nitrogens with two attached hydrogens (primary N) is 2. The van der Waals surface area contributed by atoms with Crippen molar-refractivity contribution in [3.8, 4) is 0 Å². The molecule has 0 unspecified atom stereocenters. The number of likely N-dealkylation sites (tertiary alicyclic amines) is 1. The lowest BCUT2D eigenvalue weighted by Gasteiger charge is -2.18. The van der Waals surface area contributed by atoms with Gasteiger partial charge in [-0.1, -0.05) is 42.1 Å². The molecular weight excluding hydrogens is 348 g/mol. The van der Waals surface area contributed by atoms with Gasteiger partial charge in [0.25, 0.3) is 0 Å². The van der Waals surface area contributed by atoms with Crippen LogP contribution in [0.5, 0.6) is 0 Å². The lowest BCUT2D eigenvalue weighted by atomic mass is 10.2. The minimum absolute atomic E-state index is 0.0221. The number of nitrogens with zero attached hydrogens (tertiary/aromatic N) is 3. The molecule has 2 heterocycles. The van der Waals surface area contributed by atoms with E-state index < -0.39 is 0 Å². The monoisotopic (exact) mass is 372 g/mol. The number of rotatable bonds is 6. The maximum absolute atomic E-state index is 12.5. The number of hydrogen-bond acceptors (Lipinski definition) is 7. The molecule has 1 saturated heterocycles. The summed E-state index contributed by atoms with van der Waals surface area (Å²) in [7, 11) is 0. The number of amides is 1. The highest BCUT2D eigenvalue weighted by molar-refractivity contribution is 8.00. The van der Waals surface area contributed by atoms with E-state index in [4.69, 9.17) is 11.5 Å². The fourth-order valence-corrected chi connectivity index (χ4v) is 3.79. The van der Waals surface area contributed by atoms with Crippen LogP contribution < -0.4 is 16.8 Å². The van der Waals surface area contributed by atoms with Crippen LogP contribution in [0.1, 0.15) is 18.9 Å². The van der Waals surface area contributed by atoms with Crippen LogP contribution in [0.25, 0.3) is 0 Å². The summed E-state index contributed by atoms with van der Waals surface area (Å²) in [6.45, 7) is 4.59. The highest BCUT2D eigenvalue weighted by Gasteiger charge is 2.26. The molecule has 1 aliphatic rings. The van der Waals surface area contributed by atoms with Gasteiger partial charge in [0, 0.05) is 31.7 Å². The first-order chi connectivity index (χ1) is 12.5. The summed E-state index contributed by atoms with van der Waals surface area (Å²) >= 11 is 1.26. The Labute approximate surface area is 157 Å². The van der Waals surface area contributed by atoms with Gasteiger partial charge < -0.3 is 16.8 Å². The first-order valence-electron chi connectivity index (χ1n) is 8.63. The predicted molar refractivity (Wildman–Crippen MR) is 104 cm³/mol. The number of carbonyl (C=O) groups is 1. The molecule has 1 aromatic carbocycles. The van der Waals surface area contributed by atoms with Crippen LogP contribution in [-0.4, -0.2) is 45.2 Å². The average Bonchev–Trinajstić information content (AvgIpc) is 3.01. The molecule has 3 rings (SSSR count). The summed E-state index contributed by atoms with van der Waals surface area (Å²) in [6.07, 6.45) is 0.956. The Morgan fingerprint density at radius 1 is 1.31 bits per heavy atom. The highest BCUT2D eigenvalue weighted by Crippen LogP contribution is 2.22. The van der Waals surface area contributed by atoms with E-state index in [1.165, 1.54) is 23.4 Å². The molecule has 1 aliphatic heterocycles. The molecule has 0 radical (unpaired) electrons. The van der Waals surface area contributed by atoms with Gasteiger partial charge in [-0.25, -0.2) is 9.97 Å². The molecule has 8 heteroatoms. The van der Waals surface area contributed by atoms with Crippen molar-refractivity contribution in [2.75, 3.05) is 24.6 Å². The Morgan fingerprint density at radius 2 is 2.00 bits per heavy atom. The van der Waals surface area contributed by atoms with Crippen LogP contribution in [-0.2, 0) is 11.3 Å². The number of anilines is 2. The van der Waals surface area contributed by atoms with Crippen molar-refractivity contribution in [3.05, 3.63) is 42.0 Å². The van der Waals surface area contributed by atoms with Gasteiger partial charge in [0.2, 0.25) is 5.91 Å². The molecular formula is C18H24N6OS. The fraction of sp³-hybridized carbons (Fsp3) is 0.389. The molecule has 1 fully saturated rings. The smallest absolute Gasteiger partial charge is 0.233 e. The largest absolute Gasteiger partial charge is 0.383 e. The molecule has 1 aromatic heterocycles. The normalized spacial score (nSPS) is 18.6. The van der Waals surface area contributed by atoms with E-state index in [9.17, 15) is 4.79 Å². The molecule has 0 aliphatic carbocycles.